The number of hydrogen-bond acceptors (Lipinski definition) is 3. The Balaban J connectivity index is 2.00. The lowest BCUT2D eigenvalue weighted by Crippen LogP contribution is -2.42. The van der Waals surface area contributed by atoms with Gasteiger partial charge in [-0.15, -0.1) is 0 Å². The first kappa shape index (κ1) is 20.4. The van der Waals surface area contributed by atoms with Crippen molar-refractivity contribution in [3.8, 4) is 0 Å². The van der Waals surface area contributed by atoms with Crippen LogP contribution in [0.25, 0.3) is 0 Å². The smallest absolute Gasteiger partial charge is 0.244 e. The largest absolute Gasteiger partial charge is 0.376 e. The molecule has 1 unspecified atom stereocenters. The molecule has 5 nitrogen and oxygen atoms in total. The number of carbonyl (C=O) groups is 2. The zero-order valence-electron chi connectivity index (χ0n) is 16.5. The van der Waals surface area contributed by atoms with Gasteiger partial charge in [-0.25, -0.2) is 0 Å². The Morgan fingerprint density at radius 3 is 2.73 bits per heavy atom. The van der Waals surface area contributed by atoms with Crippen LogP contribution in [0.5, 0.6) is 0 Å². The number of aryl methyl sites for hydroxylation is 1. The molecule has 1 aliphatic rings. The predicted octanol–water partition coefficient (Wildman–Crippen LogP) is 3.69. The summed E-state index contributed by atoms with van der Waals surface area (Å²) in [5.74, 6) is 0.340. The molecule has 0 aliphatic carbocycles. The fourth-order valence-electron chi connectivity index (χ4n) is 3.11. The fraction of sp³-hybridized carbons (Fsp3) is 0.619. The van der Waals surface area contributed by atoms with E-state index in [0.717, 1.165) is 42.7 Å². The van der Waals surface area contributed by atoms with Crippen LogP contribution in [0.2, 0.25) is 0 Å². The molecule has 1 atom stereocenters. The maximum atomic E-state index is 12.6. The molecule has 144 valence electrons. The summed E-state index contributed by atoms with van der Waals surface area (Å²) in [6.45, 7) is 9.53. The minimum absolute atomic E-state index is 0.0327. The second-order valence-corrected chi connectivity index (χ2v) is 7.64. The van der Waals surface area contributed by atoms with Crippen LogP contribution < -0.4 is 5.32 Å². The molecule has 0 aromatic heterocycles. The maximum Gasteiger partial charge on any atom is 0.244 e. The van der Waals surface area contributed by atoms with E-state index in [1.165, 1.54) is 0 Å². The number of rotatable bonds is 8. The lowest BCUT2D eigenvalue weighted by atomic mass is 10.1. The molecule has 1 heterocycles. The SMILES string of the molecule is Cc1cccc(NC(=O)CN(CC2CCCO2)C(=O)CCC(C)C)c1C. The third-order valence-corrected chi connectivity index (χ3v) is 4.95. The highest BCUT2D eigenvalue weighted by Gasteiger charge is 2.24. The van der Waals surface area contributed by atoms with E-state index < -0.39 is 0 Å². The molecular formula is C21H32N2O3. The summed E-state index contributed by atoms with van der Waals surface area (Å²) in [6, 6.07) is 5.84. The summed E-state index contributed by atoms with van der Waals surface area (Å²) in [4.78, 5) is 26.9. The highest BCUT2D eigenvalue weighted by atomic mass is 16.5. The van der Waals surface area contributed by atoms with Crippen molar-refractivity contribution in [3.63, 3.8) is 0 Å². The summed E-state index contributed by atoms with van der Waals surface area (Å²) in [7, 11) is 0. The molecule has 1 saturated heterocycles. The van der Waals surface area contributed by atoms with Crippen molar-refractivity contribution in [3.05, 3.63) is 29.3 Å². The van der Waals surface area contributed by atoms with Crippen LogP contribution in [0.3, 0.4) is 0 Å². The second-order valence-electron chi connectivity index (χ2n) is 7.64. The van der Waals surface area contributed by atoms with Crippen molar-refractivity contribution in [1.82, 2.24) is 4.90 Å². The third kappa shape index (κ3) is 6.13. The molecule has 1 aromatic rings. The van der Waals surface area contributed by atoms with Crippen molar-refractivity contribution in [2.45, 2.75) is 59.5 Å². The average molecular weight is 360 g/mol. The Kier molecular flexibility index (Phi) is 7.64. The van der Waals surface area contributed by atoms with Crippen LogP contribution in [0.1, 0.15) is 50.7 Å². The highest BCUT2D eigenvalue weighted by molar-refractivity contribution is 5.95. The Bertz CT molecular complexity index is 622. The topological polar surface area (TPSA) is 58.6 Å². The standard InChI is InChI=1S/C21H32N2O3/c1-15(2)10-11-21(25)23(13-18-8-6-12-26-18)14-20(24)22-19-9-5-7-16(3)17(19)4/h5,7,9,15,18H,6,8,10-14H2,1-4H3,(H,22,24). The summed E-state index contributed by atoms with van der Waals surface area (Å²) < 4.78 is 5.67. The first-order chi connectivity index (χ1) is 12.4. The van der Waals surface area contributed by atoms with E-state index in [1.807, 2.05) is 32.0 Å². The quantitative estimate of drug-likeness (QED) is 0.769. The molecule has 0 saturated carbocycles. The molecule has 1 aliphatic heterocycles. The van der Waals surface area contributed by atoms with Gasteiger partial charge < -0.3 is 15.0 Å². The Morgan fingerprint density at radius 2 is 2.08 bits per heavy atom. The summed E-state index contributed by atoms with van der Waals surface area (Å²) in [6.07, 6.45) is 3.33. The third-order valence-electron chi connectivity index (χ3n) is 4.95. The van der Waals surface area contributed by atoms with Crippen molar-refractivity contribution >= 4 is 17.5 Å². The van der Waals surface area contributed by atoms with Crippen LogP contribution >= 0.6 is 0 Å². The molecule has 1 N–H and O–H groups in total. The van der Waals surface area contributed by atoms with Gasteiger partial charge in [0, 0.05) is 25.3 Å². The van der Waals surface area contributed by atoms with Gasteiger partial charge in [0.15, 0.2) is 0 Å². The number of nitrogens with one attached hydrogen (secondary N) is 1. The molecular weight excluding hydrogens is 328 g/mol. The maximum absolute atomic E-state index is 12.6. The molecule has 0 spiro atoms. The van der Waals surface area contributed by atoms with Crippen LogP contribution in [0, 0.1) is 19.8 Å². The molecule has 26 heavy (non-hydrogen) atoms. The van der Waals surface area contributed by atoms with Gasteiger partial charge in [-0.3, -0.25) is 9.59 Å². The molecule has 2 amide bonds. The van der Waals surface area contributed by atoms with E-state index in [0.29, 0.717) is 18.9 Å². The number of ether oxygens (including phenoxy) is 1. The van der Waals surface area contributed by atoms with Gasteiger partial charge in [-0.1, -0.05) is 26.0 Å². The molecule has 1 aromatic carbocycles. The van der Waals surface area contributed by atoms with Crippen molar-refractivity contribution in [1.29, 1.82) is 0 Å². The lowest BCUT2D eigenvalue weighted by Gasteiger charge is -2.25. The molecule has 5 heteroatoms. The molecule has 0 bridgehead atoms. The van der Waals surface area contributed by atoms with Gasteiger partial charge in [0.05, 0.1) is 12.6 Å². The average Bonchev–Trinajstić information content (AvgIpc) is 3.09. The fourth-order valence-corrected chi connectivity index (χ4v) is 3.11. The summed E-state index contributed by atoms with van der Waals surface area (Å²) >= 11 is 0. The van der Waals surface area contributed by atoms with E-state index in [-0.39, 0.29) is 24.5 Å². The first-order valence-electron chi connectivity index (χ1n) is 9.62. The van der Waals surface area contributed by atoms with Crippen LogP contribution in [-0.4, -0.2) is 42.5 Å². The Morgan fingerprint density at radius 1 is 1.31 bits per heavy atom. The van der Waals surface area contributed by atoms with Gasteiger partial charge in [-0.2, -0.15) is 0 Å². The zero-order chi connectivity index (χ0) is 19.1. The highest BCUT2D eigenvalue weighted by Crippen LogP contribution is 2.19. The number of anilines is 1. The van der Waals surface area contributed by atoms with Crippen molar-refractivity contribution in [2.75, 3.05) is 25.0 Å². The van der Waals surface area contributed by atoms with E-state index in [4.69, 9.17) is 4.74 Å². The van der Waals surface area contributed by atoms with E-state index in [9.17, 15) is 9.59 Å². The minimum Gasteiger partial charge on any atom is -0.376 e. The molecule has 2 rings (SSSR count). The normalized spacial score (nSPS) is 16.7. The van der Waals surface area contributed by atoms with Crippen molar-refractivity contribution < 1.29 is 14.3 Å². The van der Waals surface area contributed by atoms with E-state index in [2.05, 4.69) is 19.2 Å². The van der Waals surface area contributed by atoms with Gasteiger partial charge in [0.1, 0.15) is 0 Å². The number of benzene rings is 1. The lowest BCUT2D eigenvalue weighted by molar-refractivity contribution is -0.136. The van der Waals surface area contributed by atoms with Crippen LogP contribution in [0.4, 0.5) is 5.69 Å². The number of amides is 2. The summed E-state index contributed by atoms with van der Waals surface area (Å²) in [5, 5.41) is 2.95. The van der Waals surface area contributed by atoms with Gasteiger partial charge >= 0.3 is 0 Å². The first-order valence-corrected chi connectivity index (χ1v) is 9.62. The Hall–Kier alpha value is -1.88. The van der Waals surface area contributed by atoms with E-state index in [1.54, 1.807) is 4.90 Å². The number of carbonyl (C=O) groups excluding carboxylic acids is 2. The van der Waals surface area contributed by atoms with Gasteiger partial charge in [0.2, 0.25) is 11.8 Å². The van der Waals surface area contributed by atoms with E-state index >= 15 is 0 Å². The summed E-state index contributed by atoms with van der Waals surface area (Å²) in [5.41, 5.74) is 2.99. The minimum atomic E-state index is -0.158. The Labute approximate surface area is 157 Å². The molecule has 1 fully saturated rings. The van der Waals surface area contributed by atoms with Gasteiger partial charge in [0.25, 0.3) is 0 Å². The van der Waals surface area contributed by atoms with Gasteiger partial charge in [-0.05, 0) is 56.2 Å². The number of hydrogen-bond donors (Lipinski definition) is 1. The predicted molar refractivity (Wildman–Crippen MR) is 104 cm³/mol. The second kappa shape index (κ2) is 9.72. The zero-order valence-corrected chi connectivity index (χ0v) is 16.5. The van der Waals surface area contributed by atoms with Crippen LogP contribution in [0.15, 0.2) is 18.2 Å². The van der Waals surface area contributed by atoms with Crippen LogP contribution in [-0.2, 0) is 14.3 Å². The monoisotopic (exact) mass is 360 g/mol. The molecule has 0 radical (unpaired) electrons. The number of nitrogens with zero attached hydrogens (tertiary/aromatic N) is 1. The van der Waals surface area contributed by atoms with Crippen molar-refractivity contribution in [2.24, 2.45) is 5.92 Å².